The van der Waals surface area contributed by atoms with E-state index in [1.54, 1.807) is 24.5 Å². The summed E-state index contributed by atoms with van der Waals surface area (Å²) in [6.45, 7) is 0.158. The molecule has 0 saturated heterocycles. The third-order valence-corrected chi connectivity index (χ3v) is 5.06. The molecule has 0 aliphatic carbocycles. The van der Waals surface area contributed by atoms with E-state index in [1.165, 1.54) is 24.5 Å². The number of methoxy groups -OCH3 is 1. The molecule has 0 amide bonds. The Morgan fingerprint density at radius 1 is 1.45 bits per heavy atom. The molecule has 0 radical (unpaired) electrons. The third kappa shape index (κ3) is 3.02. The molecule has 0 unspecified atom stereocenters. The molecular formula is C12H14BrN3O3S. The van der Waals surface area contributed by atoms with E-state index in [2.05, 4.69) is 25.9 Å². The molecule has 0 fully saturated rings. The molecular weight excluding hydrogens is 346 g/mol. The van der Waals surface area contributed by atoms with Gasteiger partial charge in [-0.05, 0) is 18.2 Å². The van der Waals surface area contributed by atoms with Gasteiger partial charge in [-0.2, -0.15) is 4.31 Å². The number of imidazole rings is 1. The fourth-order valence-electron chi connectivity index (χ4n) is 1.70. The quantitative estimate of drug-likeness (QED) is 0.885. The van der Waals surface area contributed by atoms with Crippen LogP contribution >= 0.6 is 15.9 Å². The number of ether oxygens (including phenoxy) is 1. The highest BCUT2D eigenvalue weighted by atomic mass is 79.9. The van der Waals surface area contributed by atoms with E-state index < -0.39 is 10.0 Å². The number of H-pyrrole nitrogens is 1. The summed E-state index contributed by atoms with van der Waals surface area (Å²) >= 11 is 3.27. The van der Waals surface area contributed by atoms with Crippen LogP contribution in [0.2, 0.25) is 0 Å². The molecule has 2 aromatic rings. The minimum Gasteiger partial charge on any atom is -0.495 e. The molecule has 0 aliphatic heterocycles. The zero-order chi connectivity index (χ0) is 14.8. The first-order valence-electron chi connectivity index (χ1n) is 5.73. The lowest BCUT2D eigenvalue weighted by Crippen LogP contribution is -2.27. The summed E-state index contributed by atoms with van der Waals surface area (Å²) in [6, 6.07) is 4.86. The number of benzene rings is 1. The van der Waals surface area contributed by atoms with Gasteiger partial charge in [0, 0.05) is 23.9 Å². The minimum atomic E-state index is -3.66. The molecule has 6 nitrogen and oxygen atoms in total. The van der Waals surface area contributed by atoms with E-state index in [0.29, 0.717) is 16.0 Å². The van der Waals surface area contributed by atoms with Gasteiger partial charge in [0.2, 0.25) is 10.0 Å². The van der Waals surface area contributed by atoms with Crippen LogP contribution in [0.1, 0.15) is 5.82 Å². The molecule has 0 spiro atoms. The summed E-state index contributed by atoms with van der Waals surface area (Å²) in [5, 5.41) is 0. The summed E-state index contributed by atoms with van der Waals surface area (Å²) in [6.07, 6.45) is 3.23. The van der Waals surface area contributed by atoms with Crippen molar-refractivity contribution < 1.29 is 13.2 Å². The molecule has 1 heterocycles. The van der Waals surface area contributed by atoms with Crippen LogP contribution in [0.15, 0.2) is 40.0 Å². The average Bonchev–Trinajstić information content (AvgIpc) is 2.91. The zero-order valence-electron chi connectivity index (χ0n) is 11.0. The van der Waals surface area contributed by atoms with Gasteiger partial charge in [0.05, 0.1) is 13.7 Å². The van der Waals surface area contributed by atoms with Crippen molar-refractivity contribution in [1.29, 1.82) is 0 Å². The lowest BCUT2D eigenvalue weighted by molar-refractivity contribution is 0.397. The molecule has 20 heavy (non-hydrogen) atoms. The Bertz CT molecular complexity index is 686. The Kier molecular flexibility index (Phi) is 4.46. The predicted molar refractivity (Wildman–Crippen MR) is 77.9 cm³/mol. The second kappa shape index (κ2) is 5.94. The summed E-state index contributed by atoms with van der Waals surface area (Å²) in [4.78, 5) is 7.01. The van der Waals surface area contributed by atoms with Gasteiger partial charge in [-0.3, -0.25) is 0 Å². The van der Waals surface area contributed by atoms with Crippen LogP contribution in [-0.4, -0.2) is 36.8 Å². The first kappa shape index (κ1) is 15.0. The number of halogens is 1. The normalized spacial score (nSPS) is 11.8. The maximum atomic E-state index is 12.6. The van der Waals surface area contributed by atoms with Gasteiger partial charge in [0.25, 0.3) is 0 Å². The molecule has 0 atom stereocenters. The van der Waals surface area contributed by atoms with E-state index in [-0.39, 0.29) is 11.4 Å². The van der Waals surface area contributed by atoms with Crippen LogP contribution in [0.5, 0.6) is 5.75 Å². The van der Waals surface area contributed by atoms with E-state index in [1.807, 2.05) is 0 Å². The topological polar surface area (TPSA) is 75.3 Å². The highest BCUT2D eigenvalue weighted by Gasteiger charge is 2.25. The Balaban J connectivity index is 2.36. The van der Waals surface area contributed by atoms with Crippen LogP contribution in [0, 0.1) is 0 Å². The molecule has 1 N–H and O–H groups in total. The van der Waals surface area contributed by atoms with Gasteiger partial charge in [0.15, 0.2) is 0 Å². The molecule has 0 bridgehead atoms. The average molecular weight is 360 g/mol. The number of aromatic amines is 1. The highest BCUT2D eigenvalue weighted by Crippen LogP contribution is 2.29. The second-order valence-electron chi connectivity index (χ2n) is 4.09. The molecule has 1 aromatic heterocycles. The first-order chi connectivity index (χ1) is 9.45. The van der Waals surface area contributed by atoms with E-state index in [9.17, 15) is 8.42 Å². The molecule has 2 rings (SSSR count). The van der Waals surface area contributed by atoms with Crippen LogP contribution in [0.3, 0.4) is 0 Å². The fraction of sp³-hybridized carbons (Fsp3) is 0.250. The first-order valence-corrected chi connectivity index (χ1v) is 7.96. The second-order valence-corrected chi connectivity index (χ2v) is 7.02. The summed E-state index contributed by atoms with van der Waals surface area (Å²) in [7, 11) is -0.725. The minimum absolute atomic E-state index is 0.114. The van der Waals surface area contributed by atoms with Gasteiger partial charge in [-0.1, -0.05) is 15.9 Å². The van der Waals surface area contributed by atoms with Gasteiger partial charge >= 0.3 is 0 Å². The maximum absolute atomic E-state index is 12.6. The standard InChI is InChI=1S/C12H14BrN3O3S/c1-16(8-12-14-5-6-15-12)20(17,18)11-7-9(13)3-4-10(11)19-2/h3-7H,8H2,1-2H3,(H,14,15). The van der Waals surface area contributed by atoms with E-state index in [4.69, 9.17) is 4.74 Å². The number of hydrogen-bond acceptors (Lipinski definition) is 4. The zero-order valence-corrected chi connectivity index (χ0v) is 13.4. The lowest BCUT2D eigenvalue weighted by Gasteiger charge is -2.18. The van der Waals surface area contributed by atoms with Crippen molar-refractivity contribution >= 4 is 26.0 Å². The van der Waals surface area contributed by atoms with E-state index in [0.717, 1.165) is 0 Å². The van der Waals surface area contributed by atoms with Gasteiger partial charge in [0.1, 0.15) is 16.5 Å². The number of nitrogens with zero attached hydrogens (tertiary/aromatic N) is 2. The summed E-state index contributed by atoms with van der Waals surface area (Å²) in [5.74, 6) is 0.879. The number of nitrogens with one attached hydrogen (secondary N) is 1. The Labute approximate surface area is 126 Å². The molecule has 1 aromatic carbocycles. The SMILES string of the molecule is COc1ccc(Br)cc1S(=O)(=O)N(C)Cc1ncc[nH]1. The lowest BCUT2D eigenvalue weighted by atomic mass is 10.3. The van der Waals surface area contributed by atoms with Crippen LogP contribution in [-0.2, 0) is 16.6 Å². The molecule has 0 aliphatic rings. The van der Waals surface area contributed by atoms with Crippen LogP contribution in [0.25, 0.3) is 0 Å². The Morgan fingerprint density at radius 3 is 2.80 bits per heavy atom. The predicted octanol–water partition coefficient (Wildman–Crippen LogP) is 2.00. The van der Waals surface area contributed by atoms with Crippen molar-refractivity contribution in [2.24, 2.45) is 0 Å². The van der Waals surface area contributed by atoms with Crippen molar-refractivity contribution in [3.63, 3.8) is 0 Å². The molecule has 8 heteroatoms. The number of rotatable bonds is 5. The number of sulfonamides is 1. The highest BCUT2D eigenvalue weighted by molar-refractivity contribution is 9.10. The van der Waals surface area contributed by atoms with Crippen LogP contribution in [0.4, 0.5) is 0 Å². The monoisotopic (exact) mass is 359 g/mol. The Morgan fingerprint density at radius 2 is 2.20 bits per heavy atom. The molecule has 0 saturated carbocycles. The van der Waals surface area contributed by atoms with Gasteiger partial charge in [-0.25, -0.2) is 13.4 Å². The number of hydrogen-bond donors (Lipinski definition) is 1. The van der Waals surface area contributed by atoms with Crippen molar-refractivity contribution in [3.05, 3.63) is 40.9 Å². The van der Waals surface area contributed by atoms with Crippen molar-refractivity contribution in [3.8, 4) is 5.75 Å². The van der Waals surface area contributed by atoms with Crippen molar-refractivity contribution in [2.45, 2.75) is 11.4 Å². The third-order valence-electron chi connectivity index (χ3n) is 2.74. The van der Waals surface area contributed by atoms with Gasteiger partial charge < -0.3 is 9.72 Å². The number of aromatic nitrogens is 2. The maximum Gasteiger partial charge on any atom is 0.246 e. The Hall–Kier alpha value is -1.38. The van der Waals surface area contributed by atoms with Crippen molar-refractivity contribution in [1.82, 2.24) is 14.3 Å². The molecule has 108 valence electrons. The van der Waals surface area contributed by atoms with Crippen molar-refractivity contribution in [2.75, 3.05) is 14.2 Å². The van der Waals surface area contributed by atoms with Crippen LogP contribution < -0.4 is 4.74 Å². The fourth-order valence-corrected chi connectivity index (χ4v) is 3.52. The summed E-state index contributed by atoms with van der Waals surface area (Å²) < 4.78 is 32.2. The van der Waals surface area contributed by atoms with Gasteiger partial charge in [-0.15, -0.1) is 0 Å². The largest absolute Gasteiger partial charge is 0.495 e. The smallest absolute Gasteiger partial charge is 0.246 e. The van der Waals surface area contributed by atoms with E-state index >= 15 is 0 Å². The summed E-state index contributed by atoms with van der Waals surface area (Å²) in [5.41, 5.74) is 0.